The molecule has 1 unspecified atom stereocenters. The zero-order chi connectivity index (χ0) is 12.5. The average molecular weight is 237 g/mol. The Bertz CT molecular complexity index is 671. The quantitative estimate of drug-likeness (QED) is 0.743. The Balaban J connectivity index is 2.17. The molecule has 0 fully saturated rings. The molecule has 0 saturated carbocycles. The van der Waals surface area contributed by atoms with Crippen molar-refractivity contribution in [3.8, 4) is 0 Å². The van der Waals surface area contributed by atoms with Gasteiger partial charge in [-0.1, -0.05) is 42.5 Å². The van der Waals surface area contributed by atoms with Gasteiger partial charge in [-0.3, -0.25) is 0 Å². The summed E-state index contributed by atoms with van der Waals surface area (Å²) in [6.07, 6.45) is 0. The summed E-state index contributed by atoms with van der Waals surface area (Å²) in [7, 11) is 0. The molecule has 0 aliphatic rings. The molecule has 0 aliphatic carbocycles. The van der Waals surface area contributed by atoms with E-state index < -0.39 is 0 Å². The number of imidazole rings is 1. The van der Waals surface area contributed by atoms with Crippen LogP contribution in [0.1, 0.15) is 18.5 Å². The molecule has 1 atom stereocenters. The van der Waals surface area contributed by atoms with E-state index in [4.69, 9.17) is 5.73 Å². The number of hydrogen-bond donors (Lipinski definition) is 1. The third-order valence-corrected chi connectivity index (χ3v) is 3.29. The van der Waals surface area contributed by atoms with Gasteiger partial charge in [0, 0.05) is 0 Å². The third kappa shape index (κ3) is 1.64. The minimum absolute atomic E-state index is 0.179. The van der Waals surface area contributed by atoms with Crippen LogP contribution in [0.2, 0.25) is 0 Å². The van der Waals surface area contributed by atoms with Crippen LogP contribution < -0.4 is 5.73 Å². The molecule has 0 spiro atoms. The summed E-state index contributed by atoms with van der Waals surface area (Å²) in [5, 5.41) is 0. The van der Waals surface area contributed by atoms with Crippen molar-refractivity contribution in [1.29, 1.82) is 0 Å². The first kappa shape index (κ1) is 10.8. The highest BCUT2D eigenvalue weighted by molar-refractivity contribution is 5.78. The molecular weight excluding hydrogens is 222 g/mol. The molecule has 2 N–H and O–H groups in total. The molecule has 3 heteroatoms. The highest BCUT2D eigenvalue weighted by Gasteiger charge is 2.14. The van der Waals surface area contributed by atoms with E-state index >= 15 is 0 Å². The van der Waals surface area contributed by atoms with Crippen molar-refractivity contribution in [1.82, 2.24) is 9.55 Å². The fraction of sp³-hybridized carbons (Fsp3) is 0.133. The molecular formula is C15H15N3. The fourth-order valence-corrected chi connectivity index (χ4v) is 2.35. The van der Waals surface area contributed by atoms with Gasteiger partial charge in [-0.2, -0.15) is 0 Å². The Morgan fingerprint density at radius 1 is 1.00 bits per heavy atom. The molecule has 3 aromatic rings. The summed E-state index contributed by atoms with van der Waals surface area (Å²) in [5.41, 5.74) is 9.29. The molecule has 1 heterocycles. The summed E-state index contributed by atoms with van der Waals surface area (Å²) < 4.78 is 2.07. The van der Waals surface area contributed by atoms with Gasteiger partial charge in [-0.05, 0) is 24.6 Å². The van der Waals surface area contributed by atoms with Crippen LogP contribution in [-0.2, 0) is 0 Å². The van der Waals surface area contributed by atoms with Crippen molar-refractivity contribution < 1.29 is 0 Å². The van der Waals surface area contributed by atoms with Crippen molar-refractivity contribution in [2.45, 2.75) is 13.0 Å². The maximum Gasteiger partial charge on any atom is 0.201 e. The summed E-state index contributed by atoms with van der Waals surface area (Å²) in [5.74, 6) is 0.563. The van der Waals surface area contributed by atoms with Crippen LogP contribution in [0.15, 0.2) is 54.6 Å². The van der Waals surface area contributed by atoms with Gasteiger partial charge in [0.1, 0.15) is 0 Å². The maximum absolute atomic E-state index is 6.04. The Kier molecular flexibility index (Phi) is 2.52. The van der Waals surface area contributed by atoms with Crippen LogP contribution in [0.4, 0.5) is 5.95 Å². The van der Waals surface area contributed by atoms with E-state index in [0.717, 1.165) is 11.0 Å². The SMILES string of the molecule is CC(c1ccccc1)n1c(N)nc2ccccc21. The average Bonchev–Trinajstić information content (AvgIpc) is 2.75. The lowest BCUT2D eigenvalue weighted by Crippen LogP contribution is -2.09. The third-order valence-electron chi connectivity index (χ3n) is 3.29. The molecule has 3 rings (SSSR count). The predicted molar refractivity (Wildman–Crippen MR) is 74.4 cm³/mol. The second-order valence-electron chi connectivity index (χ2n) is 4.42. The first-order chi connectivity index (χ1) is 8.77. The number of aromatic nitrogens is 2. The van der Waals surface area contributed by atoms with Gasteiger partial charge in [0.15, 0.2) is 0 Å². The number of para-hydroxylation sites is 2. The lowest BCUT2D eigenvalue weighted by Gasteiger charge is -2.16. The number of nitrogen functional groups attached to an aromatic ring is 1. The smallest absolute Gasteiger partial charge is 0.201 e. The topological polar surface area (TPSA) is 43.8 Å². The van der Waals surface area contributed by atoms with E-state index in [0.29, 0.717) is 5.95 Å². The number of nitrogens with zero attached hydrogens (tertiary/aromatic N) is 2. The van der Waals surface area contributed by atoms with Crippen LogP contribution in [-0.4, -0.2) is 9.55 Å². The first-order valence-electron chi connectivity index (χ1n) is 6.05. The molecule has 3 nitrogen and oxygen atoms in total. The molecule has 0 saturated heterocycles. The Morgan fingerprint density at radius 2 is 1.67 bits per heavy atom. The maximum atomic E-state index is 6.04. The lowest BCUT2D eigenvalue weighted by atomic mass is 10.1. The van der Waals surface area contributed by atoms with Crippen LogP contribution in [0.25, 0.3) is 11.0 Å². The Morgan fingerprint density at radius 3 is 2.44 bits per heavy atom. The first-order valence-corrected chi connectivity index (χ1v) is 6.05. The number of fused-ring (bicyclic) bond motifs is 1. The van der Waals surface area contributed by atoms with Crippen LogP contribution in [0, 0.1) is 0 Å². The Hall–Kier alpha value is -2.29. The van der Waals surface area contributed by atoms with E-state index in [1.54, 1.807) is 0 Å². The van der Waals surface area contributed by atoms with Crippen molar-refractivity contribution in [2.24, 2.45) is 0 Å². The number of anilines is 1. The van der Waals surface area contributed by atoms with E-state index in [1.807, 2.05) is 36.4 Å². The van der Waals surface area contributed by atoms with Gasteiger partial charge in [0.05, 0.1) is 17.1 Å². The summed E-state index contributed by atoms with van der Waals surface area (Å²) in [6.45, 7) is 2.14. The largest absolute Gasteiger partial charge is 0.369 e. The van der Waals surface area contributed by atoms with E-state index in [-0.39, 0.29) is 6.04 Å². The van der Waals surface area contributed by atoms with Gasteiger partial charge in [-0.15, -0.1) is 0 Å². The molecule has 18 heavy (non-hydrogen) atoms. The van der Waals surface area contributed by atoms with Crippen LogP contribution >= 0.6 is 0 Å². The number of hydrogen-bond acceptors (Lipinski definition) is 2. The van der Waals surface area contributed by atoms with Gasteiger partial charge in [0.25, 0.3) is 0 Å². The number of rotatable bonds is 2. The normalized spacial score (nSPS) is 12.7. The summed E-state index contributed by atoms with van der Waals surface area (Å²) in [4.78, 5) is 4.40. The fourth-order valence-electron chi connectivity index (χ4n) is 2.35. The standard InChI is InChI=1S/C15H15N3/c1-11(12-7-3-2-4-8-12)18-14-10-6-5-9-13(14)17-15(18)16/h2-11H,1H3,(H2,16,17). The zero-order valence-electron chi connectivity index (χ0n) is 10.2. The minimum Gasteiger partial charge on any atom is -0.369 e. The van der Waals surface area contributed by atoms with Crippen LogP contribution in [0.5, 0.6) is 0 Å². The van der Waals surface area contributed by atoms with Crippen molar-refractivity contribution >= 4 is 17.0 Å². The van der Waals surface area contributed by atoms with Crippen molar-refractivity contribution in [3.63, 3.8) is 0 Å². The Labute approximate surface area is 106 Å². The van der Waals surface area contributed by atoms with Gasteiger partial charge < -0.3 is 10.3 Å². The monoisotopic (exact) mass is 237 g/mol. The zero-order valence-corrected chi connectivity index (χ0v) is 10.2. The van der Waals surface area contributed by atoms with E-state index in [2.05, 4.69) is 34.7 Å². The molecule has 0 amide bonds. The second-order valence-corrected chi connectivity index (χ2v) is 4.42. The van der Waals surface area contributed by atoms with Gasteiger partial charge >= 0.3 is 0 Å². The van der Waals surface area contributed by atoms with Crippen molar-refractivity contribution in [2.75, 3.05) is 5.73 Å². The highest BCUT2D eigenvalue weighted by atomic mass is 15.2. The highest BCUT2D eigenvalue weighted by Crippen LogP contribution is 2.26. The van der Waals surface area contributed by atoms with Gasteiger partial charge in [0.2, 0.25) is 5.95 Å². The second kappa shape index (κ2) is 4.18. The molecule has 90 valence electrons. The molecule has 0 bridgehead atoms. The van der Waals surface area contributed by atoms with E-state index in [1.165, 1.54) is 5.56 Å². The molecule has 0 radical (unpaired) electrons. The van der Waals surface area contributed by atoms with E-state index in [9.17, 15) is 0 Å². The molecule has 0 aliphatic heterocycles. The van der Waals surface area contributed by atoms with Gasteiger partial charge in [-0.25, -0.2) is 4.98 Å². The lowest BCUT2D eigenvalue weighted by molar-refractivity contribution is 0.668. The summed E-state index contributed by atoms with van der Waals surface area (Å²) >= 11 is 0. The summed E-state index contributed by atoms with van der Waals surface area (Å²) in [6, 6.07) is 18.5. The van der Waals surface area contributed by atoms with Crippen molar-refractivity contribution in [3.05, 3.63) is 60.2 Å². The predicted octanol–water partition coefficient (Wildman–Crippen LogP) is 3.23. The van der Waals surface area contributed by atoms with Crippen LogP contribution in [0.3, 0.4) is 0 Å². The number of benzene rings is 2. The number of nitrogens with two attached hydrogens (primary N) is 1. The molecule has 2 aromatic carbocycles. The minimum atomic E-state index is 0.179. The molecule has 1 aromatic heterocycles.